The Morgan fingerprint density at radius 1 is 0.347 bits per heavy atom. The predicted octanol–water partition coefficient (Wildman–Crippen LogP) is 11.5. The first-order valence-electron chi connectivity index (χ1n) is 27.3. The summed E-state index contributed by atoms with van der Waals surface area (Å²) >= 11 is 0. The monoisotopic (exact) mass is 954 g/mol. The number of rotatable bonds is 9. The molecule has 0 unspecified atom stereocenters. The van der Waals surface area contributed by atoms with E-state index in [1.54, 1.807) is 0 Å². The summed E-state index contributed by atoms with van der Waals surface area (Å²) in [6.07, 6.45) is 0. The summed E-state index contributed by atoms with van der Waals surface area (Å²) in [5.41, 5.74) is 26.9. The Balaban J connectivity index is 1.26. The number of nitrogens with zero attached hydrogens (tertiary/aromatic N) is 1. The van der Waals surface area contributed by atoms with Crippen LogP contribution in [0.2, 0.25) is 0 Å². The van der Waals surface area contributed by atoms with Gasteiger partial charge in [0, 0.05) is 17.1 Å². The van der Waals surface area contributed by atoms with E-state index in [2.05, 4.69) is 253 Å². The van der Waals surface area contributed by atoms with E-state index in [1.165, 1.54) is 126 Å². The Hall–Kier alpha value is -6.09. The molecule has 0 fully saturated rings. The molecule has 3 aliphatic heterocycles. The van der Waals surface area contributed by atoms with Gasteiger partial charge in [-0.2, -0.15) is 0 Å². The normalized spacial score (nSPS) is 14.2. The number of hydrogen-bond acceptors (Lipinski definition) is 1. The maximum atomic E-state index is 2.67. The highest BCUT2D eigenvalue weighted by atomic mass is 28.3. The molecule has 8 aromatic rings. The number of fused-ring (bicyclic) bond motifs is 11. The highest BCUT2D eigenvalue weighted by Gasteiger charge is 2.54. The molecule has 1 spiro atoms. The van der Waals surface area contributed by atoms with E-state index in [4.69, 9.17) is 0 Å². The second kappa shape index (κ2) is 18.1. The van der Waals surface area contributed by atoms with E-state index >= 15 is 0 Å². The molecule has 0 N–H and O–H groups in total. The molecule has 360 valence electrons. The molecule has 11 rings (SSSR count). The Labute approximate surface area is 434 Å². The van der Waals surface area contributed by atoms with Gasteiger partial charge in [0.25, 0.3) is 0 Å². The highest BCUT2D eigenvalue weighted by molar-refractivity contribution is 7.23. The first-order valence-corrected chi connectivity index (χ1v) is 29.3. The first kappa shape index (κ1) is 48.2. The lowest BCUT2D eigenvalue weighted by Gasteiger charge is -2.44. The highest BCUT2D eigenvalue weighted by Crippen LogP contribution is 2.42. The molecule has 72 heavy (non-hydrogen) atoms. The van der Waals surface area contributed by atoms with Crippen LogP contribution in [0.3, 0.4) is 0 Å². The molecule has 0 aromatic heterocycles. The van der Waals surface area contributed by atoms with Crippen molar-refractivity contribution >= 4 is 92.1 Å². The summed E-state index contributed by atoms with van der Waals surface area (Å²) in [7, 11) is -2.78. The van der Waals surface area contributed by atoms with Crippen molar-refractivity contribution in [3.05, 3.63) is 196 Å². The average Bonchev–Trinajstić information content (AvgIpc) is 3.65. The van der Waals surface area contributed by atoms with Crippen LogP contribution in [-0.2, 0) is 0 Å². The topological polar surface area (TPSA) is 3.24 Å². The quantitative estimate of drug-likeness (QED) is 0.130. The van der Waals surface area contributed by atoms with Crippen molar-refractivity contribution in [1.29, 1.82) is 0 Å². The average molecular weight is 954 g/mol. The minimum Gasteiger partial charge on any atom is -0.311 e. The van der Waals surface area contributed by atoms with Crippen LogP contribution in [-0.4, -0.2) is 21.5 Å². The lowest BCUT2D eigenvalue weighted by Crippen LogP contribution is -2.76. The van der Waals surface area contributed by atoms with Crippen molar-refractivity contribution in [2.24, 2.45) is 0 Å². The zero-order chi connectivity index (χ0) is 50.7. The summed E-state index contributed by atoms with van der Waals surface area (Å²) in [4.78, 5) is 2.67. The van der Waals surface area contributed by atoms with Gasteiger partial charge in [-0.25, -0.2) is 0 Å². The Bertz CT molecular complexity index is 3290. The molecule has 0 atom stereocenters. The Morgan fingerprint density at radius 3 is 1.12 bits per heavy atom. The molecule has 4 heteroatoms. The third-order valence-corrected chi connectivity index (χ3v) is 22.0. The van der Waals surface area contributed by atoms with Gasteiger partial charge in [0.05, 0.1) is 0 Å². The molecule has 0 bridgehead atoms. The van der Waals surface area contributed by atoms with Gasteiger partial charge in [0.2, 0.25) is 13.4 Å². The molecule has 3 aliphatic rings. The van der Waals surface area contributed by atoms with Crippen LogP contribution >= 0.6 is 0 Å². The number of benzene rings is 8. The summed E-state index contributed by atoms with van der Waals surface area (Å²) < 4.78 is 0. The van der Waals surface area contributed by atoms with E-state index in [9.17, 15) is 0 Å². The summed E-state index contributed by atoms with van der Waals surface area (Å²) in [6, 6.07) is 61.2. The van der Waals surface area contributed by atoms with Crippen LogP contribution < -0.4 is 58.4 Å². The standard InChI is InChI=1S/C68H73B2NSi/c1-40(2)48-35-53(42(5)6)67(54(36-48)43(7)8)69-57-23-17-18-24-58(57)70(68-55(44(9)10)37-49(41(3)4)38-56(68)45(11)12)60-39-50(29-30-59(60)69)71-61-31-27-46(13)33-65(61)72(66-34-47(14)28-32-62(66)71)63-25-19-15-21-51(63)52-22-16-20-26-64(52)72/h15-45H,1-14H3. The molecular weight excluding hydrogens is 880 g/mol. The Morgan fingerprint density at radius 2 is 0.722 bits per heavy atom. The fourth-order valence-electron chi connectivity index (χ4n) is 13.6. The van der Waals surface area contributed by atoms with E-state index in [-0.39, 0.29) is 13.4 Å². The largest absolute Gasteiger partial charge is 0.311 e. The van der Waals surface area contributed by atoms with Gasteiger partial charge in [0.1, 0.15) is 0 Å². The lowest BCUT2D eigenvalue weighted by atomic mass is 9.20. The van der Waals surface area contributed by atoms with E-state index in [0.29, 0.717) is 35.5 Å². The van der Waals surface area contributed by atoms with Crippen molar-refractivity contribution in [2.75, 3.05) is 4.90 Å². The molecular formula is C68H73B2NSi. The van der Waals surface area contributed by atoms with Crippen molar-refractivity contribution in [3.8, 4) is 11.1 Å². The van der Waals surface area contributed by atoms with Gasteiger partial charge in [0.15, 0.2) is 8.07 Å². The van der Waals surface area contributed by atoms with Gasteiger partial charge in [-0.05, 0) is 139 Å². The van der Waals surface area contributed by atoms with Crippen LogP contribution in [0.15, 0.2) is 152 Å². The lowest BCUT2D eigenvalue weighted by molar-refractivity contribution is 0.812. The zero-order valence-electron chi connectivity index (χ0n) is 45.5. The SMILES string of the molecule is Cc1ccc2c(c1)[Si]1(c3ccccc3-c3ccccc31)c1cc(C)ccc1N2c1ccc2c(c1)B(c1c(C(C)C)cc(C(C)C)cc1C(C)C)c1ccccc1B2c1c(C(C)C)cc(C(C)C)cc1C(C)C. The van der Waals surface area contributed by atoms with Crippen molar-refractivity contribution in [3.63, 3.8) is 0 Å². The predicted molar refractivity (Wildman–Crippen MR) is 320 cm³/mol. The molecule has 0 amide bonds. The molecule has 0 saturated carbocycles. The number of aryl methyl sites for hydroxylation is 2. The summed E-state index contributed by atoms with van der Waals surface area (Å²) in [5.74, 6) is 2.31. The fourth-order valence-corrected chi connectivity index (χ4v) is 19.3. The Kier molecular flexibility index (Phi) is 12.1. The molecule has 0 saturated heterocycles. The van der Waals surface area contributed by atoms with Crippen molar-refractivity contribution in [1.82, 2.24) is 0 Å². The number of hydrogen-bond donors (Lipinski definition) is 0. The third-order valence-electron chi connectivity index (χ3n) is 17.0. The second-order valence-electron chi connectivity index (χ2n) is 23.7. The maximum absolute atomic E-state index is 2.78. The smallest absolute Gasteiger partial charge is 0.240 e. The van der Waals surface area contributed by atoms with Gasteiger partial charge in [-0.3, -0.25) is 0 Å². The first-order chi connectivity index (χ1) is 34.5. The molecule has 1 nitrogen and oxygen atoms in total. The minimum atomic E-state index is -2.78. The van der Waals surface area contributed by atoms with Crippen LogP contribution in [0.25, 0.3) is 11.1 Å². The molecule has 8 aromatic carbocycles. The molecule has 0 radical (unpaired) electrons. The summed E-state index contributed by atoms with van der Waals surface area (Å²) in [5, 5.41) is 5.98. The molecule has 0 aliphatic carbocycles. The van der Waals surface area contributed by atoms with Gasteiger partial charge < -0.3 is 4.90 Å². The second-order valence-corrected chi connectivity index (χ2v) is 27.3. The molecule has 3 heterocycles. The van der Waals surface area contributed by atoms with Crippen LogP contribution in [0.1, 0.15) is 163 Å². The van der Waals surface area contributed by atoms with Crippen LogP contribution in [0.4, 0.5) is 17.1 Å². The van der Waals surface area contributed by atoms with E-state index in [1.807, 2.05) is 0 Å². The third kappa shape index (κ3) is 7.32. The minimum absolute atomic E-state index is 0.0393. The van der Waals surface area contributed by atoms with E-state index < -0.39 is 8.07 Å². The fraction of sp³-hybridized carbons (Fsp3) is 0.294. The number of anilines is 3. The van der Waals surface area contributed by atoms with Crippen LogP contribution in [0.5, 0.6) is 0 Å². The van der Waals surface area contributed by atoms with Crippen LogP contribution in [0, 0.1) is 13.8 Å². The van der Waals surface area contributed by atoms with Crippen molar-refractivity contribution in [2.45, 2.75) is 132 Å². The summed E-state index contributed by atoms with van der Waals surface area (Å²) in [6.45, 7) is 33.5. The zero-order valence-corrected chi connectivity index (χ0v) is 46.5. The van der Waals surface area contributed by atoms with Gasteiger partial charge in [-0.1, -0.05) is 254 Å². The van der Waals surface area contributed by atoms with E-state index in [0.717, 1.165) is 0 Å². The van der Waals surface area contributed by atoms with Gasteiger partial charge in [-0.15, -0.1) is 0 Å². The maximum Gasteiger partial charge on any atom is 0.240 e. The van der Waals surface area contributed by atoms with Crippen molar-refractivity contribution < 1.29 is 0 Å². The van der Waals surface area contributed by atoms with Gasteiger partial charge >= 0.3 is 0 Å².